The van der Waals surface area contributed by atoms with Crippen molar-refractivity contribution < 1.29 is 13.2 Å². The normalized spacial score (nSPS) is 11.3. The SMILES string of the molecule is COc1ccc(N)cc1NS(=O)(=O)c1cc(C)c(Cl)s1. The molecule has 0 spiro atoms. The first-order valence-electron chi connectivity index (χ1n) is 5.56. The summed E-state index contributed by atoms with van der Waals surface area (Å²) in [6.07, 6.45) is 0. The first-order valence-corrected chi connectivity index (χ1v) is 8.23. The van der Waals surface area contributed by atoms with E-state index < -0.39 is 10.0 Å². The first-order chi connectivity index (χ1) is 9.33. The number of methoxy groups -OCH3 is 1. The predicted octanol–water partition coefficient (Wildman–Crippen LogP) is 3.10. The highest BCUT2D eigenvalue weighted by atomic mass is 35.5. The van der Waals surface area contributed by atoms with Crippen molar-refractivity contribution in [1.29, 1.82) is 0 Å². The van der Waals surface area contributed by atoms with E-state index >= 15 is 0 Å². The van der Waals surface area contributed by atoms with Gasteiger partial charge in [-0.15, -0.1) is 11.3 Å². The number of ether oxygens (including phenoxy) is 1. The fraction of sp³-hybridized carbons (Fsp3) is 0.167. The second-order valence-electron chi connectivity index (χ2n) is 4.09. The maximum absolute atomic E-state index is 12.3. The molecule has 0 fully saturated rings. The summed E-state index contributed by atoms with van der Waals surface area (Å²) in [5.41, 5.74) is 7.10. The van der Waals surface area contributed by atoms with Gasteiger partial charge in [-0.3, -0.25) is 4.72 Å². The van der Waals surface area contributed by atoms with Crippen LogP contribution in [-0.2, 0) is 10.0 Å². The largest absolute Gasteiger partial charge is 0.495 e. The van der Waals surface area contributed by atoms with Crippen LogP contribution >= 0.6 is 22.9 Å². The van der Waals surface area contributed by atoms with Gasteiger partial charge in [-0.05, 0) is 36.8 Å². The van der Waals surface area contributed by atoms with Gasteiger partial charge in [-0.2, -0.15) is 0 Å². The summed E-state index contributed by atoms with van der Waals surface area (Å²) in [7, 11) is -2.26. The summed E-state index contributed by atoms with van der Waals surface area (Å²) < 4.78 is 32.7. The topological polar surface area (TPSA) is 81.4 Å². The summed E-state index contributed by atoms with van der Waals surface area (Å²) in [6.45, 7) is 1.75. The molecule has 1 aromatic carbocycles. The molecule has 2 rings (SSSR count). The molecule has 1 heterocycles. The average Bonchev–Trinajstić information content (AvgIpc) is 2.70. The molecule has 0 saturated heterocycles. The fourth-order valence-corrected chi connectivity index (χ4v) is 4.33. The molecule has 0 saturated carbocycles. The van der Waals surface area contributed by atoms with Crippen molar-refractivity contribution in [1.82, 2.24) is 0 Å². The molecule has 0 radical (unpaired) electrons. The summed E-state index contributed by atoms with van der Waals surface area (Å²) in [5, 5.41) is 0. The Bertz CT molecular complexity index is 722. The smallest absolute Gasteiger partial charge is 0.271 e. The number of nitrogens with two attached hydrogens (primary N) is 1. The second-order valence-corrected chi connectivity index (χ2v) is 7.65. The number of halogens is 1. The average molecular weight is 333 g/mol. The van der Waals surface area contributed by atoms with Crippen LogP contribution in [0.5, 0.6) is 5.75 Å². The van der Waals surface area contributed by atoms with E-state index in [-0.39, 0.29) is 9.90 Å². The van der Waals surface area contributed by atoms with Gasteiger partial charge in [0.05, 0.1) is 17.1 Å². The van der Waals surface area contributed by atoms with E-state index in [0.717, 1.165) is 16.9 Å². The molecule has 8 heteroatoms. The molecule has 0 atom stereocenters. The zero-order valence-corrected chi connectivity index (χ0v) is 13.2. The number of rotatable bonds is 4. The highest BCUT2D eigenvalue weighted by molar-refractivity contribution is 7.94. The van der Waals surface area contributed by atoms with Crippen LogP contribution in [0.15, 0.2) is 28.5 Å². The fourth-order valence-electron chi connectivity index (χ4n) is 1.56. The Morgan fingerprint density at radius 3 is 2.60 bits per heavy atom. The highest BCUT2D eigenvalue weighted by Gasteiger charge is 2.20. The Morgan fingerprint density at radius 2 is 2.05 bits per heavy atom. The van der Waals surface area contributed by atoms with Crippen molar-refractivity contribution in [3.05, 3.63) is 34.2 Å². The molecular formula is C12H13ClN2O3S2. The van der Waals surface area contributed by atoms with E-state index in [9.17, 15) is 8.42 Å². The third-order valence-corrected chi connectivity index (χ3v) is 5.96. The Kier molecular flexibility index (Phi) is 4.12. The molecule has 2 aromatic rings. The molecule has 1 aromatic heterocycles. The molecule has 0 amide bonds. The number of benzene rings is 1. The summed E-state index contributed by atoms with van der Waals surface area (Å²) in [4.78, 5) is 0. The van der Waals surface area contributed by atoms with Crippen LogP contribution in [0.4, 0.5) is 11.4 Å². The number of nitrogen functional groups attached to an aromatic ring is 1. The Morgan fingerprint density at radius 1 is 1.35 bits per heavy atom. The quantitative estimate of drug-likeness (QED) is 0.843. The Balaban J connectivity index is 2.40. The van der Waals surface area contributed by atoms with Gasteiger partial charge in [-0.1, -0.05) is 11.6 Å². The molecular weight excluding hydrogens is 320 g/mol. The maximum Gasteiger partial charge on any atom is 0.271 e. The van der Waals surface area contributed by atoms with Gasteiger partial charge in [0.25, 0.3) is 10.0 Å². The molecule has 3 N–H and O–H groups in total. The predicted molar refractivity (Wildman–Crippen MR) is 82.3 cm³/mol. The lowest BCUT2D eigenvalue weighted by atomic mass is 10.2. The van der Waals surface area contributed by atoms with Gasteiger partial charge < -0.3 is 10.5 Å². The monoisotopic (exact) mass is 332 g/mol. The maximum atomic E-state index is 12.3. The van der Waals surface area contributed by atoms with Crippen LogP contribution in [0.25, 0.3) is 0 Å². The number of hydrogen-bond donors (Lipinski definition) is 2. The number of anilines is 2. The molecule has 0 unspecified atom stereocenters. The minimum atomic E-state index is -3.72. The third-order valence-electron chi connectivity index (χ3n) is 2.57. The number of aryl methyl sites for hydroxylation is 1. The van der Waals surface area contributed by atoms with E-state index in [1.807, 2.05) is 0 Å². The van der Waals surface area contributed by atoms with Crippen molar-refractivity contribution in [2.24, 2.45) is 0 Å². The lowest BCUT2D eigenvalue weighted by Gasteiger charge is -2.11. The van der Waals surface area contributed by atoms with E-state index in [4.69, 9.17) is 22.1 Å². The van der Waals surface area contributed by atoms with Crippen molar-refractivity contribution in [3.8, 4) is 5.75 Å². The summed E-state index contributed by atoms with van der Waals surface area (Å²) in [6, 6.07) is 6.25. The van der Waals surface area contributed by atoms with Crippen molar-refractivity contribution in [2.75, 3.05) is 17.6 Å². The van der Waals surface area contributed by atoms with Crippen LogP contribution in [0.3, 0.4) is 0 Å². The van der Waals surface area contributed by atoms with Gasteiger partial charge in [0.2, 0.25) is 0 Å². The van der Waals surface area contributed by atoms with Crippen LogP contribution in [0.2, 0.25) is 4.34 Å². The molecule has 20 heavy (non-hydrogen) atoms. The number of nitrogens with one attached hydrogen (secondary N) is 1. The standard InChI is InChI=1S/C12H13ClN2O3S2/c1-7-5-11(19-12(7)13)20(16,17)15-9-6-8(14)3-4-10(9)18-2/h3-6,15H,14H2,1-2H3. The van der Waals surface area contributed by atoms with E-state index in [0.29, 0.717) is 15.8 Å². The number of sulfonamides is 1. The van der Waals surface area contributed by atoms with Gasteiger partial charge in [0, 0.05) is 5.69 Å². The van der Waals surface area contributed by atoms with Crippen LogP contribution in [-0.4, -0.2) is 15.5 Å². The Labute approximate surface area is 126 Å². The Hall–Kier alpha value is -1.44. The first kappa shape index (κ1) is 15.0. The molecule has 5 nitrogen and oxygen atoms in total. The second kappa shape index (κ2) is 5.51. The van der Waals surface area contributed by atoms with Crippen LogP contribution in [0.1, 0.15) is 5.56 Å². The van der Waals surface area contributed by atoms with E-state index in [1.165, 1.54) is 19.2 Å². The highest BCUT2D eigenvalue weighted by Crippen LogP contribution is 2.33. The van der Waals surface area contributed by atoms with Gasteiger partial charge >= 0.3 is 0 Å². The van der Waals surface area contributed by atoms with Gasteiger partial charge in [0.15, 0.2) is 0 Å². The zero-order valence-electron chi connectivity index (χ0n) is 10.8. The van der Waals surface area contributed by atoms with Crippen molar-refractivity contribution in [2.45, 2.75) is 11.1 Å². The van der Waals surface area contributed by atoms with Crippen LogP contribution in [0, 0.1) is 6.92 Å². The minimum absolute atomic E-state index is 0.143. The number of thiophene rings is 1. The zero-order chi connectivity index (χ0) is 14.9. The summed E-state index contributed by atoms with van der Waals surface area (Å²) >= 11 is 6.90. The minimum Gasteiger partial charge on any atom is -0.495 e. The van der Waals surface area contributed by atoms with E-state index in [2.05, 4.69) is 4.72 Å². The molecule has 0 aliphatic rings. The molecule has 0 aliphatic heterocycles. The lowest BCUT2D eigenvalue weighted by Crippen LogP contribution is -2.12. The van der Waals surface area contributed by atoms with Gasteiger partial charge in [-0.25, -0.2) is 8.42 Å². The lowest BCUT2D eigenvalue weighted by molar-refractivity contribution is 0.417. The van der Waals surface area contributed by atoms with Crippen molar-refractivity contribution >= 4 is 44.3 Å². The van der Waals surface area contributed by atoms with Crippen LogP contribution < -0.4 is 15.2 Å². The summed E-state index contributed by atoms with van der Waals surface area (Å²) in [5.74, 6) is 0.391. The number of hydrogen-bond acceptors (Lipinski definition) is 5. The third kappa shape index (κ3) is 3.00. The van der Waals surface area contributed by atoms with Crippen molar-refractivity contribution in [3.63, 3.8) is 0 Å². The van der Waals surface area contributed by atoms with E-state index in [1.54, 1.807) is 19.1 Å². The van der Waals surface area contributed by atoms with Gasteiger partial charge in [0.1, 0.15) is 9.96 Å². The molecule has 0 bridgehead atoms. The molecule has 108 valence electrons. The molecule has 0 aliphatic carbocycles.